The van der Waals surface area contributed by atoms with Gasteiger partial charge < -0.3 is 0 Å². The molecule has 2 aromatic rings. The summed E-state index contributed by atoms with van der Waals surface area (Å²) in [7, 11) is 0. The lowest BCUT2D eigenvalue weighted by Gasteiger charge is -2.06. The highest BCUT2D eigenvalue weighted by Crippen LogP contribution is 2.34. The first-order valence-electron chi connectivity index (χ1n) is 4.88. The molecule has 0 aliphatic rings. The fourth-order valence-corrected chi connectivity index (χ4v) is 1.85. The molecule has 0 radical (unpaired) electrons. The highest BCUT2D eigenvalue weighted by molar-refractivity contribution is 6.67. The van der Waals surface area contributed by atoms with Crippen LogP contribution in [-0.4, -0.2) is 11.3 Å². The van der Waals surface area contributed by atoms with Crippen molar-refractivity contribution in [3.05, 3.63) is 41.4 Å². The number of fused-ring (bicyclic) bond motifs is 1. The van der Waals surface area contributed by atoms with Crippen LogP contribution in [0.5, 0.6) is 0 Å². The molecule has 94 valence electrons. The van der Waals surface area contributed by atoms with E-state index in [0.717, 1.165) is 5.39 Å². The van der Waals surface area contributed by atoms with E-state index in [1.54, 1.807) is 24.3 Å². The van der Waals surface area contributed by atoms with Gasteiger partial charge in [-0.3, -0.25) is 0 Å². The summed E-state index contributed by atoms with van der Waals surface area (Å²) in [5.74, 6) is 0. The lowest BCUT2D eigenvalue weighted by atomic mass is 10.1. The first-order valence-corrected chi connectivity index (χ1v) is 5.64. The molecule has 2 aromatic carbocycles. The standard InChI is InChI=1S/C12H6Cl2F3N/c13-10-8-4-2-1-3-7(8)5-6-9(10)18-11(14)12(15,16)17/h1-6H. The maximum absolute atomic E-state index is 12.3. The van der Waals surface area contributed by atoms with E-state index in [0.29, 0.717) is 5.39 Å². The first kappa shape index (κ1) is 13.2. The van der Waals surface area contributed by atoms with E-state index in [4.69, 9.17) is 23.2 Å². The monoisotopic (exact) mass is 291 g/mol. The number of nitrogens with zero attached hydrogens (tertiary/aromatic N) is 1. The Morgan fingerprint density at radius 1 is 1.06 bits per heavy atom. The van der Waals surface area contributed by atoms with Gasteiger partial charge in [-0.25, -0.2) is 4.99 Å². The van der Waals surface area contributed by atoms with Gasteiger partial charge in [-0.05, 0) is 11.5 Å². The van der Waals surface area contributed by atoms with E-state index in [1.165, 1.54) is 6.07 Å². The Morgan fingerprint density at radius 2 is 1.72 bits per heavy atom. The number of hydrogen-bond donors (Lipinski definition) is 0. The van der Waals surface area contributed by atoms with Crippen molar-refractivity contribution >= 4 is 44.8 Å². The Labute approximate surface area is 111 Å². The normalized spacial score (nSPS) is 13.1. The maximum Gasteiger partial charge on any atom is 0.444 e. The average molecular weight is 292 g/mol. The van der Waals surface area contributed by atoms with Crippen LogP contribution in [0.15, 0.2) is 41.4 Å². The van der Waals surface area contributed by atoms with Crippen LogP contribution in [-0.2, 0) is 0 Å². The smallest absolute Gasteiger partial charge is 0.231 e. The van der Waals surface area contributed by atoms with Crippen molar-refractivity contribution in [3.63, 3.8) is 0 Å². The topological polar surface area (TPSA) is 12.4 Å². The highest BCUT2D eigenvalue weighted by Gasteiger charge is 2.34. The van der Waals surface area contributed by atoms with Gasteiger partial charge in [0.05, 0.1) is 10.7 Å². The van der Waals surface area contributed by atoms with E-state index in [-0.39, 0.29) is 10.7 Å². The molecular weight excluding hydrogens is 286 g/mol. The van der Waals surface area contributed by atoms with Gasteiger partial charge in [0.1, 0.15) is 0 Å². The van der Waals surface area contributed by atoms with Crippen molar-refractivity contribution < 1.29 is 13.2 Å². The summed E-state index contributed by atoms with van der Waals surface area (Å²) in [6, 6.07) is 10.1. The van der Waals surface area contributed by atoms with E-state index < -0.39 is 11.3 Å². The molecule has 0 atom stereocenters. The number of rotatable bonds is 1. The predicted molar refractivity (Wildman–Crippen MR) is 68.0 cm³/mol. The lowest BCUT2D eigenvalue weighted by Crippen LogP contribution is -2.16. The number of aliphatic imine (C=N–C) groups is 1. The van der Waals surface area contributed by atoms with Crippen LogP contribution in [0.4, 0.5) is 18.9 Å². The molecule has 0 saturated heterocycles. The average Bonchev–Trinajstić information content (AvgIpc) is 2.32. The third-order valence-electron chi connectivity index (χ3n) is 2.30. The predicted octanol–water partition coefficient (Wildman–Crippen LogP) is 5.32. The summed E-state index contributed by atoms with van der Waals surface area (Å²) in [6.45, 7) is 0. The van der Waals surface area contributed by atoms with Gasteiger partial charge in [0.15, 0.2) is 0 Å². The molecule has 0 heterocycles. The quantitative estimate of drug-likeness (QED) is 0.630. The van der Waals surface area contributed by atoms with Gasteiger partial charge in [-0.2, -0.15) is 13.2 Å². The largest absolute Gasteiger partial charge is 0.444 e. The van der Waals surface area contributed by atoms with Gasteiger partial charge >= 0.3 is 6.18 Å². The molecule has 2 rings (SSSR count). The molecule has 0 N–H and O–H groups in total. The molecule has 0 amide bonds. The van der Waals surface area contributed by atoms with E-state index in [9.17, 15) is 13.2 Å². The van der Waals surface area contributed by atoms with Crippen molar-refractivity contribution in [1.29, 1.82) is 0 Å². The van der Waals surface area contributed by atoms with Crippen LogP contribution in [0.25, 0.3) is 10.8 Å². The molecule has 18 heavy (non-hydrogen) atoms. The van der Waals surface area contributed by atoms with Gasteiger partial charge in [0.2, 0.25) is 5.17 Å². The van der Waals surface area contributed by atoms with Crippen molar-refractivity contribution in [2.75, 3.05) is 0 Å². The Kier molecular flexibility index (Phi) is 3.50. The fraction of sp³-hybridized carbons (Fsp3) is 0.0833. The number of hydrogen-bond acceptors (Lipinski definition) is 1. The zero-order valence-electron chi connectivity index (χ0n) is 8.80. The second-order valence-corrected chi connectivity index (χ2v) is 4.26. The van der Waals surface area contributed by atoms with Gasteiger partial charge in [0.25, 0.3) is 0 Å². The highest BCUT2D eigenvalue weighted by atomic mass is 35.5. The minimum atomic E-state index is -4.67. The molecule has 0 aromatic heterocycles. The van der Waals surface area contributed by atoms with Crippen LogP contribution in [0.1, 0.15) is 0 Å². The van der Waals surface area contributed by atoms with Gasteiger partial charge in [-0.1, -0.05) is 53.5 Å². The molecule has 0 saturated carbocycles. The molecule has 0 spiro atoms. The summed E-state index contributed by atoms with van der Waals surface area (Å²) in [5, 5.41) is 0.159. The molecule has 1 nitrogen and oxygen atoms in total. The fourth-order valence-electron chi connectivity index (χ4n) is 1.48. The molecular formula is C12H6Cl2F3N. The van der Waals surface area contributed by atoms with Crippen molar-refractivity contribution in [2.24, 2.45) is 4.99 Å². The Balaban J connectivity index is 2.57. The molecule has 0 fully saturated rings. The molecule has 0 aliphatic carbocycles. The Hall–Kier alpha value is -1.26. The third kappa shape index (κ3) is 2.60. The SMILES string of the molecule is FC(F)(F)C(Cl)=Nc1ccc2ccccc2c1Cl. The van der Waals surface area contributed by atoms with Crippen molar-refractivity contribution in [3.8, 4) is 0 Å². The zero-order valence-corrected chi connectivity index (χ0v) is 10.3. The minimum absolute atomic E-state index is 0.00214. The number of benzene rings is 2. The van der Waals surface area contributed by atoms with Crippen molar-refractivity contribution in [1.82, 2.24) is 0 Å². The second-order valence-electron chi connectivity index (χ2n) is 3.52. The third-order valence-corrected chi connectivity index (χ3v) is 2.99. The first-order chi connectivity index (χ1) is 8.39. The molecule has 6 heteroatoms. The Bertz CT molecular complexity index is 620. The van der Waals surface area contributed by atoms with E-state index in [2.05, 4.69) is 4.99 Å². The van der Waals surface area contributed by atoms with Crippen LogP contribution in [0.2, 0.25) is 5.02 Å². The molecule has 0 unspecified atom stereocenters. The molecule has 0 aliphatic heterocycles. The summed E-state index contributed by atoms with van der Waals surface area (Å²) in [4.78, 5) is 3.31. The summed E-state index contributed by atoms with van der Waals surface area (Å²) in [6.07, 6.45) is -4.67. The van der Waals surface area contributed by atoms with Gasteiger partial charge in [0, 0.05) is 5.39 Å². The number of alkyl halides is 3. The van der Waals surface area contributed by atoms with Crippen LogP contribution in [0.3, 0.4) is 0 Å². The summed E-state index contributed by atoms with van der Waals surface area (Å²) in [5.41, 5.74) is -0.00214. The summed E-state index contributed by atoms with van der Waals surface area (Å²) < 4.78 is 36.8. The van der Waals surface area contributed by atoms with Crippen LogP contribution in [0, 0.1) is 0 Å². The maximum atomic E-state index is 12.3. The van der Waals surface area contributed by atoms with Gasteiger partial charge in [-0.15, -0.1) is 0 Å². The minimum Gasteiger partial charge on any atom is -0.231 e. The van der Waals surface area contributed by atoms with Crippen LogP contribution >= 0.6 is 23.2 Å². The lowest BCUT2D eigenvalue weighted by molar-refractivity contribution is -0.0558. The van der Waals surface area contributed by atoms with Crippen molar-refractivity contribution in [2.45, 2.75) is 6.18 Å². The van der Waals surface area contributed by atoms with E-state index in [1.807, 2.05) is 6.07 Å². The van der Waals surface area contributed by atoms with Crippen LogP contribution < -0.4 is 0 Å². The summed E-state index contributed by atoms with van der Waals surface area (Å²) >= 11 is 11.1. The van der Waals surface area contributed by atoms with E-state index >= 15 is 0 Å². The molecule has 0 bridgehead atoms. The second kappa shape index (κ2) is 4.78. The Morgan fingerprint density at radius 3 is 2.39 bits per heavy atom. The zero-order chi connectivity index (χ0) is 13.3. The number of halogens is 5.